The Bertz CT molecular complexity index is 1360. The molecule has 1 fully saturated rings. The number of fused-ring (bicyclic) bond motifs is 2. The smallest absolute Gasteiger partial charge is 0.260 e. The normalized spacial score (nSPS) is 21.0. The van der Waals surface area contributed by atoms with E-state index in [4.69, 9.17) is 0 Å². The van der Waals surface area contributed by atoms with Crippen LogP contribution in [-0.4, -0.2) is 51.2 Å². The molecule has 1 aliphatic carbocycles. The number of nitrogens with zero attached hydrogens (tertiary/aromatic N) is 5. The molecule has 2 aliphatic rings. The summed E-state index contributed by atoms with van der Waals surface area (Å²) >= 11 is 0. The van der Waals surface area contributed by atoms with Crippen molar-refractivity contribution in [1.82, 2.24) is 23.9 Å². The molecule has 1 aliphatic heterocycles. The molecule has 0 amide bonds. The van der Waals surface area contributed by atoms with E-state index in [2.05, 4.69) is 10.2 Å². The minimum Gasteiger partial charge on any atom is -0.299 e. The molecule has 10 heteroatoms. The van der Waals surface area contributed by atoms with Gasteiger partial charge in [0, 0.05) is 20.1 Å². The molecule has 3 heterocycles. The van der Waals surface area contributed by atoms with Gasteiger partial charge >= 0.3 is 0 Å². The molecular weight excluding hydrogens is 433 g/mol. The highest BCUT2D eigenvalue weighted by molar-refractivity contribution is 7.89. The maximum absolute atomic E-state index is 13.3. The van der Waals surface area contributed by atoms with Gasteiger partial charge in [0.25, 0.3) is 10.0 Å². The fourth-order valence-electron chi connectivity index (χ4n) is 4.72. The fraction of sp³-hybridized carbons (Fsp3) is 0.318. The van der Waals surface area contributed by atoms with Crippen LogP contribution in [0.2, 0.25) is 0 Å². The molecule has 0 N–H and O–H groups in total. The summed E-state index contributed by atoms with van der Waals surface area (Å²) in [6.45, 7) is 1.86. The molecule has 0 radical (unpaired) electrons. The van der Waals surface area contributed by atoms with E-state index >= 15 is 0 Å². The van der Waals surface area contributed by atoms with Gasteiger partial charge in [-0.25, -0.2) is 17.5 Å². The van der Waals surface area contributed by atoms with Crippen LogP contribution >= 0.6 is 0 Å². The Kier molecular flexibility index (Phi) is 4.68. The van der Waals surface area contributed by atoms with Crippen LogP contribution in [0.5, 0.6) is 0 Å². The summed E-state index contributed by atoms with van der Waals surface area (Å²) in [4.78, 5) is 13.0. The van der Waals surface area contributed by atoms with Gasteiger partial charge in [0.05, 0.1) is 29.2 Å². The third-order valence-electron chi connectivity index (χ3n) is 6.51. The van der Waals surface area contributed by atoms with Gasteiger partial charge in [0.1, 0.15) is 11.6 Å². The number of aryl methyl sites for hydroxylation is 1. The van der Waals surface area contributed by atoms with Crippen molar-refractivity contribution in [3.8, 4) is 5.69 Å². The Hall–Kier alpha value is -3.11. The minimum atomic E-state index is -3.79. The second-order valence-corrected chi connectivity index (χ2v) is 10.2. The van der Waals surface area contributed by atoms with E-state index in [1.807, 2.05) is 6.08 Å². The zero-order chi connectivity index (χ0) is 22.7. The Balaban J connectivity index is 1.55. The van der Waals surface area contributed by atoms with Crippen LogP contribution in [0.1, 0.15) is 24.6 Å². The number of carbonyl (C=O) groups is 1. The zero-order valence-electron chi connectivity index (χ0n) is 17.7. The van der Waals surface area contributed by atoms with Crippen molar-refractivity contribution in [2.24, 2.45) is 12.5 Å². The van der Waals surface area contributed by atoms with Crippen molar-refractivity contribution < 1.29 is 17.6 Å². The van der Waals surface area contributed by atoms with Crippen LogP contribution in [0.25, 0.3) is 11.8 Å². The van der Waals surface area contributed by atoms with Crippen molar-refractivity contribution in [1.29, 1.82) is 0 Å². The van der Waals surface area contributed by atoms with E-state index in [0.29, 0.717) is 12.8 Å². The highest BCUT2D eigenvalue weighted by Crippen LogP contribution is 2.45. The molecule has 166 valence electrons. The minimum absolute atomic E-state index is 0.0723. The second kappa shape index (κ2) is 7.21. The first-order chi connectivity index (χ1) is 15.2. The van der Waals surface area contributed by atoms with Crippen molar-refractivity contribution in [2.75, 3.05) is 13.1 Å². The number of hydrogen-bond acceptors (Lipinski definition) is 5. The Morgan fingerprint density at radius 1 is 1.16 bits per heavy atom. The predicted molar refractivity (Wildman–Crippen MR) is 115 cm³/mol. The number of ketones is 1. The number of carbonyl (C=O) groups excluding carboxylic acids is 1. The van der Waals surface area contributed by atoms with Crippen molar-refractivity contribution in [3.63, 3.8) is 0 Å². The van der Waals surface area contributed by atoms with E-state index in [0.717, 1.165) is 22.5 Å². The summed E-state index contributed by atoms with van der Waals surface area (Å²) in [5.41, 5.74) is 2.38. The molecule has 5 rings (SSSR count). The highest BCUT2D eigenvalue weighted by Gasteiger charge is 2.49. The molecule has 32 heavy (non-hydrogen) atoms. The number of aromatic nitrogens is 4. The lowest BCUT2D eigenvalue weighted by Gasteiger charge is -2.44. The van der Waals surface area contributed by atoms with Crippen LogP contribution in [0.3, 0.4) is 0 Å². The Morgan fingerprint density at radius 3 is 2.56 bits per heavy atom. The van der Waals surface area contributed by atoms with E-state index in [9.17, 15) is 17.6 Å². The van der Waals surface area contributed by atoms with Crippen LogP contribution in [0, 0.1) is 11.2 Å². The molecule has 2 aromatic heterocycles. The summed E-state index contributed by atoms with van der Waals surface area (Å²) in [5.74, 6) is -0.403. The summed E-state index contributed by atoms with van der Waals surface area (Å²) in [5, 5.41) is 8.54. The quantitative estimate of drug-likeness (QED) is 0.603. The SMILES string of the molecule is CC(=O)[C@]12Cc3cnn(-c4ccc(F)cc4)c3C=C1CCN(S(=O)(=O)c1ccnn1C)C2. The number of piperidine rings is 1. The molecule has 0 bridgehead atoms. The first-order valence-electron chi connectivity index (χ1n) is 10.3. The molecule has 0 spiro atoms. The van der Waals surface area contributed by atoms with E-state index in [-0.39, 0.29) is 29.7 Å². The van der Waals surface area contributed by atoms with Crippen LogP contribution in [0.4, 0.5) is 4.39 Å². The fourth-order valence-corrected chi connectivity index (χ4v) is 6.32. The molecule has 3 aromatic rings. The maximum atomic E-state index is 13.3. The van der Waals surface area contributed by atoms with Crippen molar-refractivity contribution in [2.45, 2.75) is 24.8 Å². The average molecular weight is 456 g/mol. The molecule has 1 saturated heterocycles. The lowest BCUT2D eigenvalue weighted by Crippen LogP contribution is -2.52. The van der Waals surface area contributed by atoms with Crippen molar-refractivity contribution >= 4 is 21.9 Å². The van der Waals surface area contributed by atoms with E-state index in [1.165, 1.54) is 40.3 Å². The molecule has 1 aromatic carbocycles. The summed E-state index contributed by atoms with van der Waals surface area (Å²) in [6.07, 6.45) is 5.89. The van der Waals surface area contributed by atoms with Gasteiger partial charge < -0.3 is 0 Å². The number of rotatable bonds is 4. The third kappa shape index (κ3) is 3.05. The van der Waals surface area contributed by atoms with E-state index in [1.54, 1.807) is 30.1 Å². The van der Waals surface area contributed by atoms with Gasteiger partial charge in [-0.3, -0.25) is 9.48 Å². The van der Waals surface area contributed by atoms with E-state index < -0.39 is 15.4 Å². The molecule has 0 unspecified atom stereocenters. The maximum Gasteiger partial charge on any atom is 0.260 e. The second-order valence-electron chi connectivity index (χ2n) is 8.31. The lowest BCUT2D eigenvalue weighted by atomic mass is 9.66. The summed E-state index contributed by atoms with van der Waals surface area (Å²) in [6, 6.07) is 7.52. The first-order valence-corrected chi connectivity index (χ1v) is 11.7. The number of Topliss-reactive ketones (excluding diaryl/α,β-unsaturated/α-hetero) is 1. The molecule has 8 nitrogen and oxygen atoms in total. The number of sulfonamides is 1. The van der Waals surface area contributed by atoms with Gasteiger partial charge in [-0.15, -0.1) is 0 Å². The average Bonchev–Trinajstić information content (AvgIpc) is 3.38. The lowest BCUT2D eigenvalue weighted by molar-refractivity contribution is -0.125. The van der Waals surface area contributed by atoms with Gasteiger partial charge in [-0.05, 0) is 61.7 Å². The number of benzene rings is 1. The van der Waals surface area contributed by atoms with Crippen LogP contribution < -0.4 is 0 Å². The third-order valence-corrected chi connectivity index (χ3v) is 8.43. The van der Waals surface area contributed by atoms with Gasteiger partial charge in [-0.1, -0.05) is 5.57 Å². The zero-order valence-corrected chi connectivity index (χ0v) is 18.5. The van der Waals surface area contributed by atoms with Gasteiger partial charge in [-0.2, -0.15) is 14.5 Å². The highest BCUT2D eigenvalue weighted by atomic mass is 32.2. The topological polar surface area (TPSA) is 90.1 Å². The predicted octanol–water partition coefficient (Wildman–Crippen LogP) is 2.35. The molecular formula is C22H22FN5O3S. The standard InChI is InChI=1S/C22H22FN5O3S/c1-15(29)22-12-16-13-25-28(19-5-3-18(23)4-6-19)20(16)11-17(22)8-10-27(14-22)32(30,31)21-7-9-24-26(21)2/h3-7,9,11,13H,8,10,12,14H2,1-2H3/t22-/m1/s1. The van der Waals surface area contributed by atoms with Crippen LogP contribution in [0.15, 0.2) is 53.3 Å². The monoisotopic (exact) mass is 455 g/mol. The largest absolute Gasteiger partial charge is 0.299 e. The summed E-state index contributed by atoms with van der Waals surface area (Å²) in [7, 11) is -2.21. The summed E-state index contributed by atoms with van der Waals surface area (Å²) < 4.78 is 44.3. The van der Waals surface area contributed by atoms with Gasteiger partial charge in [0.2, 0.25) is 0 Å². The molecule has 0 saturated carbocycles. The van der Waals surface area contributed by atoms with Crippen molar-refractivity contribution in [3.05, 3.63) is 65.4 Å². The first kappa shape index (κ1) is 20.8. The Morgan fingerprint density at radius 2 is 1.91 bits per heavy atom. The Labute approximate surface area is 185 Å². The number of hydrogen-bond donors (Lipinski definition) is 0. The number of halogens is 1. The molecule has 1 atom stereocenters. The van der Waals surface area contributed by atoms with Crippen LogP contribution in [-0.2, 0) is 28.3 Å². The van der Waals surface area contributed by atoms with Gasteiger partial charge in [0.15, 0.2) is 5.03 Å².